The number of carbonyl (C=O) groups is 1. The van der Waals surface area contributed by atoms with E-state index in [1.54, 1.807) is 0 Å². The number of nitrogens with one attached hydrogen (secondary N) is 1. The molecule has 2 atom stereocenters. The lowest BCUT2D eigenvalue weighted by Crippen LogP contribution is -2.57. The highest BCUT2D eigenvalue weighted by atomic mass is 127. The van der Waals surface area contributed by atoms with Gasteiger partial charge < -0.3 is 19.9 Å². The fourth-order valence-electron chi connectivity index (χ4n) is 5.34. The Morgan fingerprint density at radius 2 is 1.68 bits per heavy atom. The molecular formula is C23H44IN5O2. The van der Waals surface area contributed by atoms with Crippen LogP contribution in [0.5, 0.6) is 0 Å². The number of halogens is 1. The van der Waals surface area contributed by atoms with Crippen molar-refractivity contribution in [1.82, 2.24) is 20.0 Å². The van der Waals surface area contributed by atoms with E-state index >= 15 is 0 Å². The minimum atomic E-state index is -0.0152. The number of likely N-dealkylation sites (tertiary alicyclic amines) is 1. The van der Waals surface area contributed by atoms with Crippen LogP contribution in [-0.4, -0.2) is 98.2 Å². The molecule has 1 N–H and O–H groups in total. The number of rotatable bonds is 8. The van der Waals surface area contributed by atoms with Gasteiger partial charge >= 0.3 is 0 Å². The molecule has 7 nitrogen and oxygen atoms in total. The van der Waals surface area contributed by atoms with Crippen LogP contribution < -0.4 is 5.32 Å². The molecular weight excluding hydrogens is 505 g/mol. The standard InChI is InChI=1S/C23H43N5O2.HI/c1-4-30-21(20-9-5-6-10-20)11-12-25-23(24-3)28-17-15-26(16-18-28)19(2)22(29)27-13-7-8-14-27;/h19-21H,4-18H2,1-3H3,(H,24,25);1H. The number of nitrogens with zero attached hydrogens (tertiary/aromatic N) is 4. The smallest absolute Gasteiger partial charge is 0.239 e. The average molecular weight is 550 g/mol. The number of aliphatic imine (C=N–C) groups is 1. The molecule has 2 aliphatic heterocycles. The van der Waals surface area contributed by atoms with Crippen molar-refractivity contribution in [3.05, 3.63) is 0 Å². The van der Waals surface area contributed by atoms with E-state index in [0.29, 0.717) is 12.0 Å². The maximum atomic E-state index is 12.7. The second-order valence-corrected chi connectivity index (χ2v) is 9.03. The molecule has 3 aliphatic rings. The van der Waals surface area contributed by atoms with Crippen LogP contribution in [0.15, 0.2) is 4.99 Å². The van der Waals surface area contributed by atoms with Crippen LogP contribution in [0.25, 0.3) is 0 Å². The Hall–Kier alpha value is -0.610. The van der Waals surface area contributed by atoms with Gasteiger partial charge in [-0.25, -0.2) is 0 Å². The molecule has 1 aliphatic carbocycles. The molecule has 0 aromatic rings. The van der Waals surface area contributed by atoms with Gasteiger partial charge in [-0.1, -0.05) is 12.8 Å². The summed E-state index contributed by atoms with van der Waals surface area (Å²) in [5, 5.41) is 3.57. The highest BCUT2D eigenvalue weighted by Gasteiger charge is 2.31. The van der Waals surface area contributed by atoms with Crippen LogP contribution in [0, 0.1) is 5.92 Å². The lowest BCUT2D eigenvalue weighted by Gasteiger charge is -2.39. The maximum Gasteiger partial charge on any atom is 0.239 e. The van der Waals surface area contributed by atoms with Crippen LogP contribution in [0.3, 0.4) is 0 Å². The molecule has 0 spiro atoms. The zero-order chi connectivity index (χ0) is 21.3. The summed E-state index contributed by atoms with van der Waals surface area (Å²) in [7, 11) is 1.87. The zero-order valence-corrected chi connectivity index (χ0v) is 22.2. The van der Waals surface area contributed by atoms with E-state index in [9.17, 15) is 4.79 Å². The van der Waals surface area contributed by atoms with Gasteiger partial charge in [0.1, 0.15) is 0 Å². The lowest BCUT2D eigenvalue weighted by molar-refractivity contribution is -0.135. The van der Waals surface area contributed by atoms with Gasteiger partial charge in [0, 0.05) is 59.5 Å². The molecule has 3 rings (SSSR count). The fraction of sp³-hybridized carbons (Fsp3) is 0.913. The Bertz CT molecular complexity index is 556. The maximum absolute atomic E-state index is 12.7. The van der Waals surface area contributed by atoms with E-state index in [1.807, 2.05) is 11.9 Å². The quantitative estimate of drug-likeness (QED) is 0.287. The van der Waals surface area contributed by atoms with Crippen LogP contribution in [0.1, 0.15) is 58.8 Å². The van der Waals surface area contributed by atoms with Gasteiger partial charge in [0.05, 0.1) is 12.1 Å². The first-order valence-corrected chi connectivity index (χ1v) is 12.2. The highest BCUT2D eigenvalue weighted by molar-refractivity contribution is 14.0. The third-order valence-corrected chi connectivity index (χ3v) is 7.17. The first kappa shape index (κ1) is 26.6. The Balaban J connectivity index is 0.00000341. The Morgan fingerprint density at radius 3 is 2.26 bits per heavy atom. The molecule has 180 valence electrons. The van der Waals surface area contributed by atoms with Crippen molar-refractivity contribution in [2.45, 2.75) is 70.9 Å². The van der Waals surface area contributed by atoms with E-state index in [2.05, 4.69) is 34.0 Å². The van der Waals surface area contributed by atoms with E-state index < -0.39 is 0 Å². The predicted octanol–water partition coefficient (Wildman–Crippen LogP) is 2.79. The van der Waals surface area contributed by atoms with Crippen LogP contribution in [0.4, 0.5) is 0 Å². The summed E-state index contributed by atoms with van der Waals surface area (Å²) in [6, 6.07) is -0.0152. The summed E-state index contributed by atoms with van der Waals surface area (Å²) in [6.45, 7) is 11.4. The number of hydrogen-bond acceptors (Lipinski definition) is 4. The van der Waals surface area contributed by atoms with Crippen molar-refractivity contribution in [2.24, 2.45) is 10.9 Å². The summed E-state index contributed by atoms with van der Waals surface area (Å²) in [5.74, 6) is 2.01. The number of ether oxygens (including phenoxy) is 1. The molecule has 31 heavy (non-hydrogen) atoms. The van der Waals surface area contributed by atoms with Gasteiger partial charge in [0.15, 0.2) is 5.96 Å². The predicted molar refractivity (Wildman–Crippen MR) is 137 cm³/mol. The summed E-state index contributed by atoms with van der Waals surface area (Å²) < 4.78 is 6.06. The molecule has 0 radical (unpaired) electrons. The fourth-order valence-corrected chi connectivity index (χ4v) is 5.34. The van der Waals surface area contributed by atoms with E-state index in [0.717, 1.165) is 83.6 Å². The zero-order valence-electron chi connectivity index (χ0n) is 19.9. The molecule has 3 fully saturated rings. The normalized spacial score (nSPS) is 23.0. The molecule has 2 saturated heterocycles. The summed E-state index contributed by atoms with van der Waals surface area (Å²) >= 11 is 0. The molecule has 2 unspecified atom stereocenters. The molecule has 1 amide bonds. The van der Waals surface area contributed by atoms with Crippen LogP contribution >= 0.6 is 24.0 Å². The minimum absolute atomic E-state index is 0. The Labute approximate surface area is 206 Å². The minimum Gasteiger partial charge on any atom is -0.378 e. The van der Waals surface area contributed by atoms with Crippen LogP contribution in [0.2, 0.25) is 0 Å². The van der Waals surface area contributed by atoms with E-state index in [-0.39, 0.29) is 30.0 Å². The lowest BCUT2D eigenvalue weighted by atomic mass is 9.98. The molecule has 0 aromatic carbocycles. The summed E-state index contributed by atoms with van der Waals surface area (Å²) in [6.07, 6.45) is 9.05. The van der Waals surface area contributed by atoms with Gasteiger partial charge in [-0.15, -0.1) is 24.0 Å². The molecule has 0 bridgehead atoms. The molecule has 1 saturated carbocycles. The SMILES string of the molecule is CCOC(CCNC(=NC)N1CCN(C(C)C(=O)N2CCCC2)CC1)C1CCCC1.I. The van der Waals surface area contributed by atoms with Gasteiger partial charge in [0.2, 0.25) is 5.91 Å². The third kappa shape index (κ3) is 7.45. The summed E-state index contributed by atoms with van der Waals surface area (Å²) in [4.78, 5) is 23.9. The van der Waals surface area contributed by atoms with E-state index in [4.69, 9.17) is 4.74 Å². The number of guanidine groups is 1. The molecule has 8 heteroatoms. The highest BCUT2D eigenvalue weighted by Crippen LogP contribution is 2.30. The van der Waals surface area contributed by atoms with Crippen molar-refractivity contribution in [2.75, 3.05) is 59.5 Å². The van der Waals surface area contributed by atoms with Crippen molar-refractivity contribution in [3.8, 4) is 0 Å². The number of amides is 1. The van der Waals surface area contributed by atoms with Crippen LogP contribution in [-0.2, 0) is 9.53 Å². The largest absolute Gasteiger partial charge is 0.378 e. The van der Waals surface area contributed by atoms with Gasteiger partial charge in [-0.05, 0) is 51.9 Å². The second-order valence-electron chi connectivity index (χ2n) is 9.03. The molecule has 0 aromatic heterocycles. The first-order chi connectivity index (χ1) is 14.6. The van der Waals surface area contributed by atoms with Gasteiger partial charge in [-0.3, -0.25) is 14.7 Å². The van der Waals surface area contributed by atoms with Gasteiger partial charge in [0.25, 0.3) is 0 Å². The first-order valence-electron chi connectivity index (χ1n) is 12.2. The topological polar surface area (TPSA) is 60.4 Å². The Morgan fingerprint density at radius 1 is 1.03 bits per heavy atom. The van der Waals surface area contributed by atoms with Crippen molar-refractivity contribution in [1.29, 1.82) is 0 Å². The number of piperazine rings is 1. The average Bonchev–Trinajstić information content (AvgIpc) is 3.49. The number of carbonyl (C=O) groups excluding carboxylic acids is 1. The van der Waals surface area contributed by atoms with Crippen molar-refractivity contribution in [3.63, 3.8) is 0 Å². The van der Waals surface area contributed by atoms with E-state index in [1.165, 1.54) is 25.7 Å². The Kier molecular flexibility index (Phi) is 11.9. The number of hydrogen-bond donors (Lipinski definition) is 1. The second kappa shape index (κ2) is 13.8. The van der Waals surface area contributed by atoms with Gasteiger partial charge in [-0.2, -0.15) is 0 Å². The monoisotopic (exact) mass is 549 g/mol. The third-order valence-electron chi connectivity index (χ3n) is 7.17. The van der Waals surface area contributed by atoms with Crippen molar-refractivity contribution < 1.29 is 9.53 Å². The summed E-state index contributed by atoms with van der Waals surface area (Å²) in [5.41, 5.74) is 0. The molecule has 2 heterocycles. The van der Waals surface area contributed by atoms with Crippen molar-refractivity contribution >= 4 is 35.8 Å².